The van der Waals surface area contributed by atoms with Gasteiger partial charge in [0.15, 0.2) is 5.78 Å². The van der Waals surface area contributed by atoms with Gasteiger partial charge in [0.25, 0.3) is 0 Å². The Kier molecular flexibility index (Phi) is 3.80. The van der Waals surface area contributed by atoms with E-state index in [0.717, 1.165) is 17.6 Å². The number of hydrogen-bond donors (Lipinski definition) is 0. The Balaban J connectivity index is 2.02. The number of ketones is 2. The smallest absolute Gasteiger partial charge is 0.191 e. The molecule has 1 aromatic rings. The highest BCUT2D eigenvalue weighted by atomic mass is 16.5. The van der Waals surface area contributed by atoms with E-state index in [1.165, 1.54) is 0 Å². The third kappa shape index (κ3) is 2.78. The van der Waals surface area contributed by atoms with E-state index in [9.17, 15) is 9.59 Å². The molecule has 1 atom stereocenters. The molecule has 1 unspecified atom stereocenters. The normalized spacial score (nSPS) is 26.9. The molecule has 1 aliphatic heterocycles. The monoisotopic (exact) mass is 312 g/mol. The van der Waals surface area contributed by atoms with E-state index in [2.05, 4.69) is 13.8 Å². The Morgan fingerprint density at radius 1 is 1.17 bits per heavy atom. The zero-order valence-corrected chi connectivity index (χ0v) is 14.4. The summed E-state index contributed by atoms with van der Waals surface area (Å²) in [4.78, 5) is 25.6. The maximum absolute atomic E-state index is 12.9. The van der Waals surface area contributed by atoms with E-state index in [1.54, 1.807) is 0 Å². The molecule has 3 heteroatoms. The topological polar surface area (TPSA) is 43.4 Å². The highest BCUT2D eigenvalue weighted by molar-refractivity contribution is 6.10. The summed E-state index contributed by atoms with van der Waals surface area (Å²) in [6, 6.07) is 7.60. The second-order valence-corrected chi connectivity index (χ2v) is 7.92. The summed E-state index contributed by atoms with van der Waals surface area (Å²) in [6.07, 6.45) is 1.35. The van der Waals surface area contributed by atoms with Crippen LogP contribution in [0.4, 0.5) is 0 Å². The van der Waals surface area contributed by atoms with E-state index >= 15 is 0 Å². The summed E-state index contributed by atoms with van der Waals surface area (Å²) in [5.74, 6) is 0.234. The van der Waals surface area contributed by atoms with Gasteiger partial charge in [-0.25, -0.2) is 0 Å². The first-order valence-electron chi connectivity index (χ1n) is 8.18. The van der Waals surface area contributed by atoms with Crippen LogP contribution < -0.4 is 0 Å². The minimum absolute atomic E-state index is 0.0000638. The highest BCUT2D eigenvalue weighted by Crippen LogP contribution is 2.52. The van der Waals surface area contributed by atoms with Gasteiger partial charge in [0, 0.05) is 17.6 Å². The largest absolute Gasteiger partial charge is 0.372 e. The van der Waals surface area contributed by atoms with E-state index in [4.69, 9.17) is 4.74 Å². The van der Waals surface area contributed by atoms with Gasteiger partial charge in [0.1, 0.15) is 5.78 Å². The molecule has 1 aliphatic carbocycles. The molecule has 122 valence electrons. The number of ether oxygens (including phenoxy) is 1. The first-order valence-corrected chi connectivity index (χ1v) is 8.18. The van der Waals surface area contributed by atoms with Crippen LogP contribution in [0.25, 0.3) is 0 Å². The molecule has 1 heterocycles. The molecule has 0 amide bonds. The van der Waals surface area contributed by atoms with Crippen LogP contribution in [-0.2, 0) is 9.53 Å². The van der Waals surface area contributed by atoms with Crippen molar-refractivity contribution in [2.75, 3.05) is 13.2 Å². The predicted molar refractivity (Wildman–Crippen MR) is 89.5 cm³/mol. The van der Waals surface area contributed by atoms with Crippen molar-refractivity contribution in [3.8, 4) is 0 Å². The van der Waals surface area contributed by atoms with Crippen LogP contribution in [0, 0.1) is 17.8 Å². The van der Waals surface area contributed by atoms with Crippen molar-refractivity contribution in [1.29, 1.82) is 0 Å². The second-order valence-electron chi connectivity index (χ2n) is 7.92. The molecule has 3 rings (SSSR count). The van der Waals surface area contributed by atoms with Crippen LogP contribution in [0.1, 0.15) is 49.5 Å². The minimum atomic E-state index is -0.561. The van der Waals surface area contributed by atoms with Crippen LogP contribution in [0.2, 0.25) is 0 Å². The Labute approximate surface area is 137 Å². The molecule has 0 radical (unpaired) electrons. The van der Waals surface area contributed by atoms with Crippen molar-refractivity contribution in [2.24, 2.45) is 10.8 Å². The number of carbonyl (C=O) groups is 2. The summed E-state index contributed by atoms with van der Waals surface area (Å²) in [6.45, 7) is 8.90. The first kappa shape index (κ1) is 16.1. The van der Waals surface area contributed by atoms with Gasteiger partial charge in [0.2, 0.25) is 0 Å². The van der Waals surface area contributed by atoms with Crippen molar-refractivity contribution in [3.05, 3.63) is 46.5 Å². The van der Waals surface area contributed by atoms with Gasteiger partial charge in [-0.3, -0.25) is 9.59 Å². The molecule has 0 spiro atoms. The molecule has 0 aromatic heterocycles. The number of benzene rings is 1. The number of carbonyl (C=O) groups excluding carboxylic acids is 2. The average molecular weight is 312 g/mol. The summed E-state index contributed by atoms with van der Waals surface area (Å²) in [7, 11) is 0. The van der Waals surface area contributed by atoms with Gasteiger partial charge < -0.3 is 4.74 Å². The lowest BCUT2D eigenvalue weighted by Gasteiger charge is -2.27. The minimum Gasteiger partial charge on any atom is -0.372 e. The summed E-state index contributed by atoms with van der Waals surface area (Å²) < 4.78 is 5.59. The Bertz CT molecular complexity index is 711. The third-order valence-corrected chi connectivity index (χ3v) is 5.16. The lowest BCUT2D eigenvalue weighted by atomic mass is 9.75. The van der Waals surface area contributed by atoms with E-state index in [-0.39, 0.29) is 17.0 Å². The van der Waals surface area contributed by atoms with Crippen molar-refractivity contribution >= 4 is 11.6 Å². The number of hydrogen-bond acceptors (Lipinski definition) is 3. The van der Waals surface area contributed by atoms with Gasteiger partial charge in [-0.05, 0) is 37.3 Å². The number of aryl methyl sites for hydroxylation is 1. The Morgan fingerprint density at radius 3 is 2.52 bits per heavy atom. The van der Waals surface area contributed by atoms with Gasteiger partial charge in [-0.15, -0.1) is 0 Å². The van der Waals surface area contributed by atoms with E-state index in [0.29, 0.717) is 30.8 Å². The molecule has 0 bridgehead atoms. The summed E-state index contributed by atoms with van der Waals surface area (Å²) in [5, 5.41) is 0. The molecule has 0 saturated heterocycles. The molecule has 1 saturated carbocycles. The predicted octanol–water partition coefficient (Wildman–Crippen LogP) is 3.90. The lowest BCUT2D eigenvalue weighted by molar-refractivity contribution is -0.123. The van der Waals surface area contributed by atoms with Crippen molar-refractivity contribution in [3.63, 3.8) is 0 Å². The summed E-state index contributed by atoms with van der Waals surface area (Å²) in [5.41, 5.74) is 2.74. The fourth-order valence-corrected chi connectivity index (χ4v) is 4.11. The number of rotatable bonds is 3. The van der Waals surface area contributed by atoms with Crippen LogP contribution >= 0.6 is 0 Å². The molecule has 3 nitrogen and oxygen atoms in total. The van der Waals surface area contributed by atoms with Crippen LogP contribution in [-0.4, -0.2) is 24.8 Å². The van der Waals surface area contributed by atoms with Crippen molar-refractivity contribution < 1.29 is 14.3 Å². The Hall–Kier alpha value is -1.74. The molecule has 0 N–H and O–H groups in total. The SMILES string of the molecule is Cc1cccc(C(=O)C2=C(C3(C)CC(C)(C)CC3=O)COC2)c1. The van der Waals surface area contributed by atoms with Gasteiger partial charge >= 0.3 is 0 Å². The molecular formula is C20H24O3. The molecule has 23 heavy (non-hydrogen) atoms. The quantitative estimate of drug-likeness (QED) is 0.795. The van der Waals surface area contributed by atoms with Crippen LogP contribution in [0.15, 0.2) is 35.4 Å². The standard InChI is InChI=1S/C20H24O3/c1-13-6-5-7-14(8-13)18(22)15-10-23-11-16(15)20(4)12-19(2,3)9-17(20)21/h5-8H,9-12H2,1-4H3. The lowest BCUT2D eigenvalue weighted by Crippen LogP contribution is -2.27. The van der Waals surface area contributed by atoms with Gasteiger partial charge in [0.05, 0.1) is 18.6 Å². The average Bonchev–Trinajstić information content (AvgIpc) is 3.02. The second kappa shape index (κ2) is 5.41. The van der Waals surface area contributed by atoms with E-state index in [1.807, 2.05) is 38.1 Å². The Morgan fingerprint density at radius 2 is 1.91 bits per heavy atom. The van der Waals surface area contributed by atoms with Crippen molar-refractivity contribution in [1.82, 2.24) is 0 Å². The zero-order valence-electron chi connectivity index (χ0n) is 14.4. The first-order chi connectivity index (χ1) is 10.7. The fourth-order valence-electron chi connectivity index (χ4n) is 4.11. The van der Waals surface area contributed by atoms with E-state index < -0.39 is 5.41 Å². The zero-order chi connectivity index (χ0) is 16.8. The van der Waals surface area contributed by atoms with Gasteiger partial charge in [-0.1, -0.05) is 37.6 Å². The van der Waals surface area contributed by atoms with Crippen molar-refractivity contribution in [2.45, 2.75) is 40.5 Å². The van der Waals surface area contributed by atoms with Crippen LogP contribution in [0.5, 0.6) is 0 Å². The molecule has 1 aromatic carbocycles. The maximum atomic E-state index is 12.9. The third-order valence-electron chi connectivity index (χ3n) is 5.16. The number of Topliss-reactive ketones (excluding diaryl/α,β-unsaturated/α-hetero) is 2. The molecule has 1 fully saturated rings. The summed E-state index contributed by atoms with van der Waals surface area (Å²) >= 11 is 0. The molecular weight excluding hydrogens is 288 g/mol. The highest BCUT2D eigenvalue weighted by Gasteiger charge is 2.51. The fraction of sp³-hybridized carbons (Fsp3) is 0.500. The maximum Gasteiger partial charge on any atom is 0.191 e. The van der Waals surface area contributed by atoms with Gasteiger partial charge in [-0.2, -0.15) is 0 Å². The van der Waals surface area contributed by atoms with Crippen LogP contribution in [0.3, 0.4) is 0 Å². The molecule has 2 aliphatic rings.